The summed E-state index contributed by atoms with van der Waals surface area (Å²) >= 11 is 6.88. The molecule has 17 heavy (non-hydrogen) atoms. The van der Waals surface area contributed by atoms with Gasteiger partial charge in [0.1, 0.15) is 6.61 Å². The number of rotatable bonds is 6. The molecule has 5 heteroatoms. The van der Waals surface area contributed by atoms with Crippen LogP contribution in [0.2, 0.25) is 0 Å². The van der Waals surface area contributed by atoms with Gasteiger partial charge in [-0.1, -0.05) is 18.2 Å². The summed E-state index contributed by atoms with van der Waals surface area (Å²) in [5.41, 5.74) is 0. The van der Waals surface area contributed by atoms with Crippen LogP contribution in [0.5, 0.6) is 0 Å². The van der Waals surface area contributed by atoms with E-state index in [0.29, 0.717) is 4.88 Å². The van der Waals surface area contributed by atoms with E-state index in [1.165, 1.54) is 11.3 Å². The third kappa shape index (κ3) is 5.15. The summed E-state index contributed by atoms with van der Waals surface area (Å²) in [5, 5.41) is 0.263. The van der Waals surface area contributed by atoms with E-state index in [1.54, 1.807) is 6.07 Å². The second-order valence-electron chi connectivity index (χ2n) is 3.51. The van der Waals surface area contributed by atoms with Crippen molar-refractivity contribution < 1.29 is 14.3 Å². The molecule has 0 bridgehead atoms. The van der Waals surface area contributed by atoms with Gasteiger partial charge in [-0.3, -0.25) is 9.59 Å². The van der Waals surface area contributed by atoms with Crippen LogP contribution in [0.4, 0.5) is 0 Å². The van der Waals surface area contributed by atoms with Crippen molar-refractivity contribution in [1.82, 2.24) is 0 Å². The monoisotopic (exact) mass is 272 g/mol. The molecule has 0 aliphatic carbocycles. The van der Waals surface area contributed by atoms with Crippen molar-refractivity contribution in [3.05, 3.63) is 33.5 Å². The first-order valence-electron chi connectivity index (χ1n) is 5.07. The molecule has 1 aromatic rings. The van der Waals surface area contributed by atoms with Crippen LogP contribution in [0.3, 0.4) is 0 Å². The van der Waals surface area contributed by atoms with Gasteiger partial charge in [-0.15, -0.1) is 11.3 Å². The minimum Gasteiger partial charge on any atom is -0.460 e. The van der Waals surface area contributed by atoms with E-state index in [0.717, 1.165) is 4.88 Å². The molecule has 0 saturated heterocycles. The lowest BCUT2D eigenvalue weighted by molar-refractivity contribution is -0.142. The van der Waals surface area contributed by atoms with Gasteiger partial charge in [-0.25, -0.2) is 0 Å². The molecular formula is C12H13ClO3S. The zero-order valence-corrected chi connectivity index (χ0v) is 11.1. The Kier molecular flexibility index (Phi) is 5.38. The molecule has 0 N–H and O–H groups in total. The number of hydrogen-bond acceptors (Lipinski definition) is 4. The highest BCUT2D eigenvalue weighted by Crippen LogP contribution is 2.17. The second-order valence-corrected chi connectivity index (χ2v) is 5.33. The smallest absolute Gasteiger partial charge is 0.306 e. The van der Waals surface area contributed by atoms with Crippen molar-refractivity contribution in [2.45, 2.75) is 19.8 Å². The normalized spacial score (nSPS) is 10.0. The molecule has 1 aromatic heterocycles. The highest BCUT2D eigenvalue weighted by Gasteiger charge is 2.11. The van der Waals surface area contributed by atoms with Crippen molar-refractivity contribution in [1.29, 1.82) is 0 Å². The molecule has 92 valence electrons. The average Bonchev–Trinajstić information content (AvgIpc) is 2.70. The van der Waals surface area contributed by atoms with Gasteiger partial charge in [-0.05, 0) is 19.1 Å². The Morgan fingerprint density at radius 1 is 1.41 bits per heavy atom. The fourth-order valence-electron chi connectivity index (χ4n) is 1.15. The van der Waals surface area contributed by atoms with Crippen LogP contribution in [0.25, 0.3) is 0 Å². The number of carbonyl (C=O) groups is 2. The number of hydrogen-bond donors (Lipinski definition) is 0. The average molecular weight is 273 g/mol. The zero-order valence-electron chi connectivity index (χ0n) is 9.49. The first-order valence-corrected chi connectivity index (χ1v) is 6.27. The molecule has 0 aliphatic heterocycles. The second kappa shape index (κ2) is 6.57. The molecule has 1 heterocycles. The van der Waals surface area contributed by atoms with E-state index in [9.17, 15) is 9.59 Å². The molecule has 0 spiro atoms. The van der Waals surface area contributed by atoms with E-state index in [1.807, 2.05) is 13.0 Å². The zero-order chi connectivity index (χ0) is 12.8. The third-order valence-corrected chi connectivity index (χ3v) is 3.11. The van der Waals surface area contributed by atoms with Crippen molar-refractivity contribution in [3.8, 4) is 0 Å². The van der Waals surface area contributed by atoms with Gasteiger partial charge in [-0.2, -0.15) is 0 Å². The molecule has 0 aliphatic rings. The third-order valence-electron chi connectivity index (χ3n) is 1.96. The molecule has 1 rings (SSSR count). The summed E-state index contributed by atoms with van der Waals surface area (Å²) in [5.74, 6) is -0.474. The van der Waals surface area contributed by atoms with Crippen molar-refractivity contribution in [2.75, 3.05) is 6.61 Å². The Morgan fingerprint density at radius 3 is 2.65 bits per heavy atom. The summed E-state index contributed by atoms with van der Waals surface area (Å²) in [6.07, 6.45) is 0.230. The maximum atomic E-state index is 11.7. The maximum Gasteiger partial charge on any atom is 0.306 e. The Balaban J connectivity index is 2.33. The standard InChI is InChI=1S/C12H13ClO3S/c1-8(13)7-16-12(15)6-4-10(14)11-5-3-9(2)17-11/h3,5H,1,4,6-7H2,2H3. The van der Waals surface area contributed by atoms with Crippen molar-refractivity contribution in [3.63, 3.8) is 0 Å². The Bertz CT molecular complexity index is 437. The van der Waals surface area contributed by atoms with Crippen molar-refractivity contribution >= 4 is 34.7 Å². The number of carbonyl (C=O) groups excluding carboxylic acids is 2. The number of halogens is 1. The van der Waals surface area contributed by atoms with Gasteiger partial charge in [0.05, 0.1) is 11.3 Å². The van der Waals surface area contributed by atoms with Gasteiger partial charge in [0, 0.05) is 16.3 Å². The Labute approximate surface area is 109 Å². The molecule has 0 unspecified atom stereocenters. The lowest BCUT2D eigenvalue weighted by Crippen LogP contribution is -2.08. The molecule has 0 saturated carbocycles. The number of thiophene rings is 1. The first-order chi connectivity index (χ1) is 7.99. The highest BCUT2D eigenvalue weighted by molar-refractivity contribution is 7.14. The minimum atomic E-state index is -0.437. The van der Waals surface area contributed by atoms with Crippen LogP contribution < -0.4 is 0 Å². The molecule has 0 atom stereocenters. The van der Waals surface area contributed by atoms with Gasteiger partial charge in [0.2, 0.25) is 0 Å². The Hall–Kier alpha value is -1.13. The predicted molar refractivity (Wildman–Crippen MR) is 68.6 cm³/mol. The maximum absolute atomic E-state index is 11.7. The fraction of sp³-hybridized carbons (Fsp3) is 0.333. The number of aryl methyl sites for hydroxylation is 1. The van der Waals surface area contributed by atoms with Crippen molar-refractivity contribution in [2.24, 2.45) is 0 Å². The van der Waals surface area contributed by atoms with Crippen LogP contribution in [-0.2, 0) is 9.53 Å². The molecule has 0 aromatic carbocycles. The quantitative estimate of drug-likeness (QED) is 0.589. The van der Waals surface area contributed by atoms with Gasteiger partial charge >= 0.3 is 5.97 Å². The lowest BCUT2D eigenvalue weighted by atomic mass is 10.2. The number of ketones is 1. The SMILES string of the molecule is C=C(Cl)COC(=O)CCC(=O)c1ccc(C)s1. The van der Waals surface area contributed by atoms with Crippen LogP contribution in [0.1, 0.15) is 27.4 Å². The number of Topliss-reactive ketones (excluding diaryl/α,β-unsaturated/α-hetero) is 1. The van der Waals surface area contributed by atoms with Crippen LogP contribution >= 0.6 is 22.9 Å². The first kappa shape index (κ1) is 13.9. The van der Waals surface area contributed by atoms with Crippen LogP contribution in [0, 0.1) is 6.92 Å². The molecule has 0 fully saturated rings. The summed E-state index contributed by atoms with van der Waals surface area (Å²) < 4.78 is 4.78. The van der Waals surface area contributed by atoms with E-state index in [4.69, 9.17) is 16.3 Å². The van der Waals surface area contributed by atoms with Crippen LogP contribution in [0.15, 0.2) is 23.7 Å². The lowest BCUT2D eigenvalue weighted by Gasteiger charge is -2.02. The minimum absolute atomic E-state index is 0.00725. The fourth-order valence-corrected chi connectivity index (χ4v) is 2.04. The topological polar surface area (TPSA) is 43.4 Å². The molecule has 0 amide bonds. The molecular weight excluding hydrogens is 260 g/mol. The summed E-state index contributed by atoms with van der Waals surface area (Å²) in [6.45, 7) is 5.32. The van der Waals surface area contributed by atoms with E-state index in [2.05, 4.69) is 6.58 Å². The van der Waals surface area contributed by atoms with E-state index in [-0.39, 0.29) is 30.3 Å². The van der Waals surface area contributed by atoms with E-state index >= 15 is 0 Å². The highest BCUT2D eigenvalue weighted by atomic mass is 35.5. The summed E-state index contributed by atoms with van der Waals surface area (Å²) in [6, 6.07) is 3.65. The number of ether oxygens (including phenoxy) is 1. The molecule has 3 nitrogen and oxygen atoms in total. The number of esters is 1. The summed E-state index contributed by atoms with van der Waals surface area (Å²) in [7, 11) is 0. The summed E-state index contributed by atoms with van der Waals surface area (Å²) in [4.78, 5) is 24.6. The predicted octanol–water partition coefficient (Wildman–Crippen LogP) is 3.32. The Morgan fingerprint density at radius 2 is 2.12 bits per heavy atom. The van der Waals surface area contributed by atoms with Gasteiger partial charge < -0.3 is 4.74 Å². The molecule has 0 radical (unpaired) electrons. The van der Waals surface area contributed by atoms with Crippen LogP contribution in [-0.4, -0.2) is 18.4 Å². The van der Waals surface area contributed by atoms with Gasteiger partial charge in [0.15, 0.2) is 5.78 Å². The largest absolute Gasteiger partial charge is 0.460 e. The van der Waals surface area contributed by atoms with E-state index < -0.39 is 5.97 Å². The van der Waals surface area contributed by atoms with Gasteiger partial charge in [0.25, 0.3) is 0 Å².